The first-order chi connectivity index (χ1) is 8.66. The first-order valence-corrected chi connectivity index (χ1v) is 6.92. The lowest BCUT2D eigenvalue weighted by molar-refractivity contribution is 0.550. The Morgan fingerprint density at radius 2 is 2.28 bits per heavy atom. The van der Waals surface area contributed by atoms with Gasteiger partial charge < -0.3 is 9.88 Å². The molecule has 18 heavy (non-hydrogen) atoms. The molecule has 0 amide bonds. The summed E-state index contributed by atoms with van der Waals surface area (Å²) in [7, 11) is 0. The van der Waals surface area contributed by atoms with E-state index in [0.717, 1.165) is 23.6 Å². The van der Waals surface area contributed by atoms with Gasteiger partial charge in [0.25, 0.3) is 0 Å². The molecule has 0 spiro atoms. The number of aromatic nitrogens is 2. The SMILES string of the molecule is CC(C)n1c(C2CCNC2)nc2cc(Cl)ccc21. The summed E-state index contributed by atoms with van der Waals surface area (Å²) in [6, 6.07) is 6.41. The third kappa shape index (κ3) is 1.91. The number of hydrogen-bond acceptors (Lipinski definition) is 2. The lowest BCUT2D eigenvalue weighted by Crippen LogP contribution is -2.14. The summed E-state index contributed by atoms with van der Waals surface area (Å²) in [4.78, 5) is 4.82. The molecule has 1 atom stereocenters. The quantitative estimate of drug-likeness (QED) is 0.901. The minimum absolute atomic E-state index is 0.423. The van der Waals surface area contributed by atoms with Gasteiger partial charge in [0.2, 0.25) is 0 Å². The van der Waals surface area contributed by atoms with Gasteiger partial charge in [0.05, 0.1) is 11.0 Å². The van der Waals surface area contributed by atoms with E-state index in [-0.39, 0.29) is 0 Å². The fourth-order valence-electron chi connectivity index (χ4n) is 2.80. The van der Waals surface area contributed by atoms with E-state index in [0.29, 0.717) is 12.0 Å². The molecular weight excluding hydrogens is 246 g/mol. The summed E-state index contributed by atoms with van der Waals surface area (Å²) in [6.45, 7) is 6.54. The number of halogens is 1. The van der Waals surface area contributed by atoms with Gasteiger partial charge >= 0.3 is 0 Å². The van der Waals surface area contributed by atoms with Crippen LogP contribution in [0.4, 0.5) is 0 Å². The van der Waals surface area contributed by atoms with Crippen molar-refractivity contribution in [1.82, 2.24) is 14.9 Å². The van der Waals surface area contributed by atoms with Crippen molar-refractivity contribution < 1.29 is 0 Å². The topological polar surface area (TPSA) is 29.9 Å². The standard InChI is InChI=1S/C14H18ClN3/c1-9(2)18-13-4-3-11(15)7-12(13)17-14(18)10-5-6-16-8-10/h3-4,7,9-10,16H,5-6,8H2,1-2H3. The highest BCUT2D eigenvalue weighted by Gasteiger charge is 2.24. The molecule has 1 aliphatic rings. The maximum absolute atomic E-state index is 6.06. The lowest BCUT2D eigenvalue weighted by atomic mass is 10.1. The molecule has 2 aromatic rings. The number of fused-ring (bicyclic) bond motifs is 1. The Bertz CT molecular complexity index is 568. The maximum Gasteiger partial charge on any atom is 0.114 e. The van der Waals surface area contributed by atoms with Crippen LogP contribution in [0.2, 0.25) is 5.02 Å². The molecule has 1 aromatic heterocycles. The molecule has 1 unspecified atom stereocenters. The number of rotatable bonds is 2. The number of nitrogens with zero attached hydrogens (tertiary/aromatic N) is 2. The molecule has 0 saturated carbocycles. The average molecular weight is 264 g/mol. The van der Waals surface area contributed by atoms with Crippen LogP contribution in [0.15, 0.2) is 18.2 Å². The normalized spacial score (nSPS) is 20.1. The molecule has 1 aromatic carbocycles. The molecule has 2 heterocycles. The molecule has 1 N–H and O–H groups in total. The molecule has 0 radical (unpaired) electrons. The third-order valence-corrected chi connectivity index (χ3v) is 3.86. The summed E-state index contributed by atoms with van der Waals surface area (Å²) in [6.07, 6.45) is 1.17. The highest BCUT2D eigenvalue weighted by Crippen LogP contribution is 2.30. The van der Waals surface area contributed by atoms with Crippen molar-refractivity contribution in [2.75, 3.05) is 13.1 Å². The minimum Gasteiger partial charge on any atom is -0.325 e. The molecule has 0 bridgehead atoms. The van der Waals surface area contributed by atoms with Crippen molar-refractivity contribution >= 4 is 22.6 Å². The molecular formula is C14H18ClN3. The Kier molecular flexibility index (Phi) is 3.04. The average Bonchev–Trinajstić information content (AvgIpc) is 2.93. The smallest absolute Gasteiger partial charge is 0.114 e. The second-order valence-corrected chi connectivity index (χ2v) is 5.69. The van der Waals surface area contributed by atoms with E-state index >= 15 is 0 Å². The number of imidazole rings is 1. The van der Waals surface area contributed by atoms with Gasteiger partial charge in [-0.3, -0.25) is 0 Å². The number of benzene rings is 1. The molecule has 3 rings (SSSR count). The summed E-state index contributed by atoms with van der Waals surface area (Å²) >= 11 is 6.06. The number of nitrogens with one attached hydrogen (secondary N) is 1. The summed E-state index contributed by atoms with van der Waals surface area (Å²) < 4.78 is 2.35. The fraction of sp³-hybridized carbons (Fsp3) is 0.500. The Balaban J connectivity index is 2.19. The van der Waals surface area contributed by atoms with Gasteiger partial charge in [-0.05, 0) is 45.0 Å². The Labute approximate surface area is 112 Å². The van der Waals surface area contributed by atoms with Crippen LogP contribution in [0, 0.1) is 0 Å². The zero-order valence-electron chi connectivity index (χ0n) is 10.8. The van der Waals surface area contributed by atoms with E-state index in [1.807, 2.05) is 12.1 Å². The molecule has 1 aliphatic heterocycles. The Morgan fingerprint density at radius 3 is 2.94 bits per heavy atom. The van der Waals surface area contributed by atoms with E-state index in [1.165, 1.54) is 17.8 Å². The molecule has 0 aliphatic carbocycles. The lowest BCUT2D eigenvalue weighted by Gasteiger charge is -2.16. The van der Waals surface area contributed by atoms with E-state index < -0.39 is 0 Å². The third-order valence-electron chi connectivity index (χ3n) is 3.62. The monoisotopic (exact) mass is 263 g/mol. The second kappa shape index (κ2) is 4.56. The van der Waals surface area contributed by atoms with Gasteiger partial charge in [0, 0.05) is 23.5 Å². The second-order valence-electron chi connectivity index (χ2n) is 5.26. The zero-order valence-corrected chi connectivity index (χ0v) is 11.5. The van der Waals surface area contributed by atoms with Crippen LogP contribution in [-0.2, 0) is 0 Å². The van der Waals surface area contributed by atoms with Crippen molar-refractivity contribution in [2.24, 2.45) is 0 Å². The van der Waals surface area contributed by atoms with Crippen molar-refractivity contribution in [1.29, 1.82) is 0 Å². The molecule has 4 heteroatoms. The first kappa shape index (κ1) is 12.0. The van der Waals surface area contributed by atoms with Crippen LogP contribution < -0.4 is 5.32 Å². The van der Waals surface area contributed by atoms with Crippen LogP contribution in [0.25, 0.3) is 11.0 Å². The molecule has 3 nitrogen and oxygen atoms in total. The fourth-order valence-corrected chi connectivity index (χ4v) is 2.96. The van der Waals surface area contributed by atoms with Gasteiger partial charge in [-0.2, -0.15) is 0 Å². The highest BCUT2D eigenvalue weighted by molar-refractivity contribution is 6.31. The van der Waals surface area contributed by atoms with E-state index in [9.17, 15) is 0 Å². The van der Waals surface area contributed by atoms with Crippen molar-refractivity contribution in [2.45, 2.75) is 32.2 Å². The van der Waals surface area contributed by atoms with Gasteiger partial charge in [0.1, 0.15) is 5.82 Å². The predicted octanol–water partition coefficient (Wildman–Crippen LogP) is 3.35. The summed E-state index contributed by atoms with van der Waals surface area (Å²) in [5.74, 6) is 1.73. The van der Waals surface area contributed by atoms with Gasteiger partial charge in [-0.15, -0.1) is 0 Å². The summed E-state index contributed by atoms with van der Waals surface area (Å²) in [5.41, 5.74) is 2.20. The Morgan fingerprint density at radius 1 is 1.44 bits per heavy atom. The van der Waals surface area contributed by atoms with Gasteiger partial charge in [-0.1, -0.05) is 11.6 Å². The molecule has 96 valence electrons. The van der Waals surface area contributed by atoms with Crippen LogP contribution >= 0.6 is 11.6 Å². The van der Waals surface area contributed by atoms with Crippen LogP contribution in [0.1, 0.15) is 38.1 Å². The Hall–Kier alpha value is -1.06. The van der Waals surface area contributed by atoms with Crippen LogP contribution in [0.5, 0.6) is 0 Å². The van der Waals surface area contributed by atoms with Crippen LogP contribution in [-0.4, -0.2) is 22.6 Å². The van der Waals surface area contributed by atoms with E-state index in [1.54, 1.807) is 0 Å². The van der Waals surface area contributed by atoms with Gasteiger partial charge in [-0.25, -0.2) is 4.98 Å². The van der Waals surface area contributed by atoms with E-state index in [4.69, 9.17) is 16.6 Å². The summed E-state index contributed by atoms with van der Waals surface area (Å²) in [5, 5.41) is 4.17. The molecule has 1 fully saturated rings. The van der Waals surface area contributed by atoms with Gasteiger partial charge in [0.15, 0.2) is 0 Å². The van der Waals surface area contributed by atoms with E-state index in [2.05, 4.69) is 29.8 Å². The van der Waals surface area contributed by atoms with Crippen molar-refractivity contribution in [3.05, 3.63) is 29.0 Å². The van der Waals surface area contributed by atoms with Crippen molar-refractivity contribution in [3.8, 4) is 0 Å². The first-order valence-electron chi connectivity index (χ1n) is 6.55. The molecule has 1 saturated heterocycles. The maximum atomic E-state index is 6.06. The predicted molar refractivity (Wildman–Crippen MR) is 75.4 cm³/mol. The highest BCUT2D eigenvalue weighted by atomic mass is 35.5. The largest absolute Gasteiger partial charge is 0.325 e. The van der Waals surface area contributed by atoms with Crippen LogP contribution in [0.3, 0.4) is 0 Å². The minimum atomic E-state index is 0.423. The number of hydrogen-bond donors (Lipinski definition) is 1. The zero-order chi connectivity index (χ0) is 12.7. The van der Waals surface area contributed by atoms with Crippen molar-refractivity contribution in [3.63, 3.8) is 0 Å².